The number of hydrogen-bond acceptors (Lipinski definition) is 9. The van der Waals surface area contributed by atoms with Crippen LogP contribution in [0.3, 0.4) is 0 Å². The predicted molar refractivity (Wildman–Crippen MR) is 210 cm³/mol. The zero-order valence-corrected chi connectivity index (χ0v) is 32.1. The van der Waals surface area contributed by atoms with Gasteiger partial charge < -0.3 is 20.0 Å². The van der Waals surface area contributed by atoms with Gasteiger partial charge in [0.1, 0.15) is 11.9 Å². The van der Waals surface area contributed by atoms with Crippen molar-refractivity contribution in [3.63, 3.8) is 0 Å². The minimum atomic E-state index is -4.62. The van der Waals surface area contributed by atoms with Crippen molar-refractivity contribution in [2.45, 2.75) is 50.7 Å². The number of pyridine rings is 1. The van der Waals surface area contributed by atoms with Gasteiger partial charge in [0.2, 0.25) is 17.7 Å². The number of carbonyl (C=O) groups is 5. The van der Waals surface area contributed by atoms with Crippen molar-refractivity contribution in [2.75, 3.05) is 60.9 Å². The number of halogens is 3. The first kappa shape index (κ1) is 39.6. The Morgan fingerprint density at radius 2 is 1.59 bits per heavy atom. The summed E-state index contributed by atoms with van der Waals surface area (Å²) >= 11 is 0. The molecule has 304 valence electrons. The van der Waals surface area contributed by atoms with Gasteiger partial charge in [-0.2, -0.15) is 13.2 Å². The third-order valence-corrected chi connectivity index (χ3v) is 11.9. The highest BCUT2D eigenvalue weighted by atomic mass is 19.4. The normalized spacial score (nSPS) is 20.7. The minimum Gasteiger partial charge on any atom is -0.372 e. The molecule has 6 heterocycles. The van der Waals surface area contributed by atoms with Crippen molar-refractivity contribution in [2.24, 2.45) is 17.8 Å². The highest BCUT2D eigenvalue weighted by molar-refractivity contribution is 6.23. The van der Waals surface area contributed by atoms with Crippen LogP contribution < -0.4 is 20.4 Å². The number of hydrogen-bond donors (Lipinski definition) is 2. The number of piperidine rings is 3. The Hall–Kier alpha value is -6.26. The van der Waals surface area contributed by atoms with E-state index in [4.69, 9.17) is 6.57 Å². The summed E-state index contributed by atoms with van der Waals surface area (Å²) in [7, 11) is 0. The Labute approximate surface area is 338 Å². The molecular formula is C43H41F3N8O5. The van der Waals surface area contributed by atoms with Crippen molar-refractivity contribution in [3.8, 4) is 11.8 Å². The summed E-state index contributed by atoms with van der Waals surface area (Å²) in [5.74, 6) is 5.20. The number of likely N-dealkylation sites (tertiary alicyclic amines) is 1. The molecule has 1 aromatic heterocycles. The molecule has 59 heavy (non-hydrogen) atoms. The van der Waals surface area contributed by atoms with Gasteiger partial charge in [0.15, 0.2) is 5.69 Å². The van der Waals surface area contributed by atoms with E-state index in [0.29, 0.717) is 43.4 Å². The Bertz CT molecular complexity index is 2290. The van der Waals surface area contributed by atoms with Gasteiger partial charge in [-0.05, 0) is 87.7 Å². The molecule has 2 N–H and O–H groups in total. The summed E-state index contributed by atoms with van der Waals surface area (Å²) in [6.07, 6.45) is 0.0476. The zero-order chi connectivity index (χ0) is 41.4. The molecule has 0 radical (unpaired) electrons. The third-order valence-electron chi connectivity index (χ3n) is 11.9. The Morgan fingerprint density at radius 1 is 0.881 bits per heavy atom. The SMILES string of the molecule is [C-]#[N+]c1ccc(N2CCC(C(=O)Nc3ccc(C#CC4CCN(CC5CN(c6ccc7c(c6)C(=O)N(C6CCC(=O)NC6=O)C7=O)C5)CC4)cn3)CC2)cc1C(F)(F)F. The second kappa shape index (κ2) is 16.2. The molecule has 4 fully saturated rings. The summed E-state index contributed by atoms with van der Waals surface area (Å²) in [4.78, 5) is 78.0. The van der Waals surface area contributed by atoms with E-state index in [1.807, 2.05) is 17.0 Å². The van der Waals surface area contributed by atoms with Crippen molar-refractivity contribution in [1.82, 2.24) is 20.1 Å². The molecule has 5 amide bonds. The van der Waals surface area contributed by atoms with E-state index in [1.165, 1.54) is 12.1 Å². The number of amides is 5. The molecule has 0 bridgehead atoms. The van der Waals surface area contributed by atoms with Crippen molar-refractivity contribution >= 4 is 52.4 Å². The van der Waals surface area contributed by atoms with E-state index in [9.17, 15) is 37.1 Å². The largest absolute Gasteiger partial charge is 0.407 e. The highest BCUT2D eigenvalue weighted by Gasteiger charge is 2.45. The Balaban J connectivity index is 0.753. The van der Waals surface area contributed by atoms with Crippen LogP contribution in [0.1, 0.15) is 70.4 Å². The average Bonchev–Trinajstić information content (AvgIpc) is 3.46. The van der Waals surface area contributed by atoms with Gasteiger partial charge in [0.05, 0.1) is 23.3 Å². The Morgan fingerprint density at radius 3 is 2.27 bits per heavy atom. The average molecular weight is 807 g/mol. The molecule has 8 rings (SSSR count). The summed E-state index contributed by atoms with van der Waals surface area (Å²) in [6.45, 7) is 12.4. The molecule has 1 unspecified atom stereocenters. The third kappa shape index (κ3) is 8.36. The maximum Gasteiger partial charge on any atom is 0.407 e. The standard InChI is InChI=1S/C43H41F3N8O5/c1-47-35-8-6-31(21-34(35)43(44,45)46)52-18-14-29(15-19-52)39(56)49-37-10-4-27(22-48-37)3-2-26-12-16-51(17-13-26)23-28-24-53(25-28)30-5-7-32-33(20-30)42(59)54(41(32)58)36-9-11-38(55)50-40(36)57/h4-8,10,20-22,26,28-29,36H,9,11-19,23-25H2,(H,48,49,56)(H,50,55,57). The second-order valence-corrected chi connectivity index (χ2v) is 15.8. The monoisotopic (exact) mass is 806 g/mol. The molecule has 4 saturated heterocycles. The van der Waals surface area contributed by atoms with Gasteiger partial charge in [-0.15, -0.1) is 0 Å². The predicted octanol–water partition coefficient (Wildman–Crippen LogP) is 5.11. The number of imide groups is 2. The number of benzene rings is 2. The van der Waals surface area contributed by atoms with Crippen molar-refractivity contribution in [3.05, 3.63) is 88.4 Å². The maximum atomic E-state index is 13.4. The number of rotatable bonds is 7. The van der Waals surface area contributed by atoms with Crippen LogP contribution in [0.25, 0.3) is 4.85 Å². The number of aromatic nitrogens is 1. The summed E-state index contributed by atoms with van der Waals surface area (Å²) in [6, 6.07) is 11.5. The van der Waals surface area contributed by atoms with Gasteiger partial charge in [-0.3, -0.25) is 34.2 Å². The van der Waals surface area contributed by atoms with Crippen molar-refractivity contribution < 1.29 is 37.1 Å². The molecule has 5 aliphatic rings. The van der Waals surface area contributed by atoms with Crippen LogP contribution in [-0.4, -0.2) is 96.2 Å². The van der Waals surface area contributed by atoms with Gasteiger partial charge in [-0.1, -0.05) is 17.9 Å². The fourth-order valence-electron chi connectivity index (χ4n) is 8.58. The van der Waals surface area contributed by atoms with E-state index in [1.54, 1.807) is 24.4 Å². The lowest BCUT2D eigenvalue weighted by atomic mass is 9.93. The summed E-state index contributed by atoms with van der Waals surface area (Å²) < 4.78 is 40.3. The number of fused-ring (bicyclic) bond motifs is 1. The fraction of sp³-hybridized carbons (Fsp3) is 0.419. The molecule has 0 aliphatic carbocycles. The maximum absolute atomic E-state index is 13.4. The number of nitrogens with one attached hydrogen (secondary N) is 2. The molecule has 13 nitrogen and oxygen atoms in total. The lowest BCUT2D eigenvalue weighted by Crippen LogP contribution is -2.54. The number of carbonyl (C=O) groups excluding carboxylic acids is 5. The zero-order valence-electron chi connectivity index (χ0n) is 32.1. The van der Waals surface area contributed by atoms with E-state index in [0.717, 1.165) is 67.8 Å². The number of alkyl halides is 3. The van der Waals surface area contributed by atoms with Crippen LogP contribution in [0.2, 0.25) is 0 Å². The van der Waals surface area contributed by atoms with Crippen LogP contribution in [0.15, 0.2) is 54.7 Å². The lowest BCUT2D eigenvalue weighted by molar-refractivity contribution is -0.137. The molecule has 16 heteroatoms. The first-order valence-electron chi connectivity index (χ1n) is 19.8. The van der Waals surface area contributed by atoms with E-state index < -0.39 is 47.1 Å². The van der Waals surface area contributed by atoms with Crippen LogP contribution in [0.4, 0.5) is 36.1 Å². The summed E-state index contributed by atoms with van der Waals surface area (Å²) in [5.41, 5.74) is 1.16. The first-order valence-corrected chi connectivity index (χ1v) is 19.8. The Kier molecular flexibility index (Phi) is 10.8. The highest BCUT2D eigenvalue weighted by Crippen LogP contribution is 2.39. The topological polar surface area (TPSA) is 140 Å². The van der Waals surface area contributed by atoms with Crippen LogP contribution in [0.5, 0.6) is 0 Å². The number of nitrogens with zero attached hydrogens (tertiary/aromatic N) is 6. The number of anilines is 3. The van der Waals surface area contributed by atoms with Gasteiger partial charge >= 0.3 is 6.18 Å². The van der Waals surface area contributed by atoms with Gasteiger partial charge in [0.25, 0.3) is 11.8 Å². The van der Waals surface area contributed by atoms with E-state index in [2.05, 4.69) is 42.1 Å². The molecule has 0 saturated carbocycles. The van der Waals surface area contributed by atoms with Crippen molar-refractivity contribution in [1.29, 1.82) is 0 Å². The first-order chi connectivity index (χ1) is 28.3. The van der Waals surface area contributed by atoms with Gasteiger partial charge in [-0.25, -0.2) is 9.83 Å². The molecule has 0 spiro atoms. The van der Waals surface area contributed by atoms with E-state index in [-0.39, 0.29) is 41.7 Å². The molecular weight excluding hydrogens is 766 g/mol. The fourth-order valence-corrected chi connectivity index (χ4v) is 8.58. The minimum absolute atomic E-state index is 0.0769. The molecule has 2 aromatic carbocycles. The van der Waals surface area contributed by atoms with E-state index >= 15 is 0 Å². The van der Waals surface area contributed by atoms with Crippen LogP contribution in [0, 0.1) is 36.2 Å². The second-order valence-electron chi connectivity index (χ2n) is 15.8. The summed E-state index contributed by atoms with van der Waals surface area (Å²) in [5, 5.41) is 5.08. The molecule has 5 aliphatic heterocycles. The smallest absolute Gasteiger partial charge is 0.372 e. The van der Waals surface area contributed by atoms with Gasteiger partial charge in [0, 0.05) is 80.0 Å². The van der Waals surface area contributed by atoms with Crippen LogP contribution >= 0.6 is 0 Å². The van der Waals surface area contributed by atoms with Crippen LogP contribution in [-0.2, 0) is 20.6 Å². The molecule has 3 aromatic rings. The lowest BCUT2D eigenvalue weighted by Gasteiger charge is -2.44. The molecule has 1 atom stereocenters. The quantitative estimate of drug-likeness (QED) is 0.190.